The molecule has 1 aromatic heterocycles. The fraction of sp³-hybridized carbons (Fsp3) is 0.211. The molecule has 1 heterocycles. The smallest absolute Gasteiger partial charge is 0.319 e. The van der Waals surface area contributed by atoms with E-state index in [1.807, 2.05) is 69.3 Å². The van der Waals surface area contributed by atoms with Gasteiger partial charge in [0.1, 0.15) is 0 Å². The molecule has 5 heteroatoms. The number of hydrogen-bond acceptors (Lipinski definition) is 3. The SMILES string of the molecule is Cc1nc2ccc(NC(=O)NC(C)c3ccccc3)cc2nc1C. The molecule has 2 amide bonds. The second kappa shape index (κ2) is 6.66. The Kier molecular flexibility index (Phi) is 4.42. The largest absolute Gasteiger partial charge is 0.331 e. The van der Waals surface area contributed by atoms with Gasteiger partial charge < -0.3 is 10.6 Å². The van der Waals surface area contributed by atoms with Gasteiger partial charge in [0.2, 0.25) is 0 Å². The Morgan fingerprint density at radius 2 is 1.62 bits per heavy atom. The third-order valence-corrected chi connectivity index (χ3v) is 3.98. The lowest BCUT2D eigenvalue weighted by Crippen LogP contribution is -2.31. The summed E-state index contributed by atoms with van der Waals surface area (Å²) in [6.07, 6.45) is 0. The Bertz CT molecular complexity index is 877. The molecule has 24 heavy (non-hydrogen) atoms. The summed E-state index contributed by atoms with van der Waals surface area (Å²) in [5.41, 5.74) is 5.15. The standard InChI is InChI=1S/C19H20N4O/c1-12-13(2)21-18-11-16(9-10-17(18)20-12)23-19(24)22-14(3)15-7-5-4-6-8-15/h4-11,14H,1-3H3,(H2,22,23,24). The Labute approximate surface area is 141 Å². The third-order valence-electron chi connectivity index (χ3n) is 3.98. The molecule has 0 aliphatic carbocycles. The molecule has 0 radical (unpaired) electrons. The highest BCUT2D eigenvalue weighted by Gasteiger charge is 2.10. The van der Waals surface area contributed by atoms with Gasteiger partial charge in [-0.25, -0.2) is 14.8 Å². The van der Waals surface area contributed by atoms with Gasteiger partial charge in [-0.05, 0) is 44.5 Å². The molecule has 1 unspecified atom stereocenters. The van der Waals surface area contributed by atoms with E-state index in [-0.39, 0.29) is 12.1 Å². The molecule has 3 aromatic rings. The Balaban J connectivity index is 1.72. The van der Waals surface area contributed by atoms with Crippen molar-refractivity contribution in [3.05, 3.63) is 65.5 Å². The molecule has 0 saturated carbocycles. The maximum atomic E-state index is 12.2. The Morgan fingerprint density at radius 1 is 0.958 bits per heavy atom. The number of carbonyl (C=O) groups excluding carboxylic acids is 1. The van der Waals surface area contributed by atoms with E-state index >= 15 is 0 Å². The van der Waals surface area contributed by atoms with Crippen molar-refractivity contribution < 1.29 is 4.79 Å². The van der Waals surface area contributed by atoms with Crippen LogP contribution in [-0.2, 0) is 0 Å². The molecule has 0 aliphatic rings. The number of rotatable bonds is 3. The van der Waals surface area contributed by atoms with Gasteiger partial charge >= 0.3 is 6.03 Å². The highest BCUT2D eigenvalue weighted by molar-refractivity contribution is 5.92. The lowest BCUT2D eigenvalue weighted by molar-refractivity contribution is 0.249. The molecule has 0 spiro atoms. The van der Waals surface area contributed by atoms with E-state index in [4.69, 9.17) is 0 Å². The van der Waals surface area contributed by atoms with Gasteiger partial charge in [-0.2, -0.15) is 0 Å². The summed E-state index contributed by atoms with van der Waals surface area (Å²) >= 11 is 0. The number of benzene rings is 2. The van der Waals surface area contributed by atoms with E-state index in [9.17, 15) is 4.79 Å². The number of urea groups is 1. The quantitative estimate of drug-likeness (QED) is 0.762. The molecule has 2 aromatic carbocycles. The first kappa shape index (κ1) is 15.9. The molecule has 0 aliphatic heterocycles. The van der Waals surface area contributed by atoms with Gasteiger partial charge in [-0.15, -0.1) is 0 Å². The predicted molar refractivity (Wildman–Crippen MR) is 96.0 cm³/mol. The van der Waals surface area contributed by atoms with Crippen LogP contribution >= 0.6 is 0 Å². The zero-order valence-electron chi connectivity index (χ0n) is 14.0. The van der Waals surface area contributed by atoms with Crippen molar-refractivity contribution in [1.82, 2.24) is 15.3 Å². The van der Waals surface area contributed by atoms with E-state index < -0.39 is 0 Å². The van der Waals surface area contributed by atoms with Crippen LogP contribution in [0.3, 0.4) is 0 Å². The first-order valence-corrected chi connectivity index (χ1v) is 7.90. The summed E-state index contributed by atoms with van der Waals surface area (Å²) in [4.78, 5) is 21.2. The van der Waals surface area contributed by atoms with Gasteiger partial charge in [-0.3, -0.25) is 0 Å². The topological polar surface area (TPSA) is 66.9 Å². The molecule has 1 atom stereocenters. The number of aromatic nitrogens is 2. The van der Waals surface area contributed by atoms with Crippen LogP contribution in [0.15, 0.2) is 48.5 Å². The van der Waals surface area contributed by atoms with Crippen molar-refractivity contribution in [2.45, 2.75) is 26.8 Å². The summed E-state index contributed by atoms with van der Waals surface area (Å²) in [7, 11) is 0. The van der Waals surface area contributed by atoms with Gasteiger partial charge in [0.05, 0.1) is 28.5 Å². The van der Waals surface area contributed by atoms with Crippen molar-refractivity contribution in [2.24, 2.45) is 0 Å². The number of anilines is 1. The van der Waals surface area contributed by atoms with Crippen LogP contribution in [0.2, 0.25) is 0 Å². The number of hydrogen-bond donors (Lipinski definition) is 2. The number of fused-ring (bicyclic) bond motifs is 1. The molecule has 5 nitrogen and oxygen atoms in total. The number of carbonyl (C=O) groups is 1. The first-order chi connectivity index (χ1) is 11.5. The number of nitrogens with zero attached hydrogens (tertiary/aromatic N) is 2. The van der Waals surface area contributed by atoms with Crippen LogP contribution in [0.4, 0.5) is 10.5 Å². The van der Waals surface area contributed by atoms with E-state index in [2.05, 4.69) is 20.6 Å². The van der Waals surface area contributed by atoms with Crippen LogP contribution in [0.1, 0.15) is 29.9 Å². The van der Waals surface area contributed by atoms with Crippen molar-refractivity contribution in [2.75, 3.05) is 5.32 Å². The number of amides is 2. The second-order valence-corrected chi connectivity index (χ2v) is 5.83. The highest BCUT2D eigenvalue weighted by atomic mass is 16.2. The zero-order valence-corrected chi connectivity index (χ0v) is 14.0. The number of aryl methyl sites for hydroxylation is 2. The van der Waals surface area contributed by atoms with Crippen molar-refractivity contribution in [3.63, 3.8) is 0 Å². The lowest BCUT2D eigenvalue weighted by Gasteiger charge is -2.15. The minimum Gasteiger partial charge on any atom is -0.331 e. The second-order valence-electron chi connectivity index (χ2n) is 5.83. The lowest BCUT2D eigenvalue weighted by atomic mass is 10.1. The molecular formula is C19H20N4O. The first-order valence-electron chi connectivity index (χ1n) is 7.90. The van der Waals surface area contributed by atoms with Crippen LogP contribution in [-0.4, -0.2) is 16.0 Å². The van der Waals surface area contributed by atoms with E-state index in [1.165, 1.54) is 0 Å². The van der Waals surface area contributed by atoms with Crippen molar-refractivity contribution >= 4 is 22.8 Å². The minimum atomic E-state index is -0.248. The average molecular weight is 320 g/mol. The summed E-state index contributed by atoms with van der Waals surface area (Å²) in [6, 6.07) is 15.1. The summed E-state index contributed by atoms with van der Waals surface area (Å²) in [5, 5.41) is 5.78. The van der Waals surface area contributed by atoms with E-state index in [0.29, 0.717) is 5.69 Å². The maximum Gasteiger partial charge on any atom is 0.319 e. The molecule has 0 saturated heterocycles. The zero-order chi connectivity index (χ0) is 17.1. The molecule has 122 valence electrons. The average Bonchev–Trinajstić information content (AvgIpc) is 2.57. The van der Waals surface area contributed by atoms with Gasteiger partial charge in [-0.1, -0.05) is 30.3 Å². The van der Waals surface area contributed by atoms with Crippen LogP contribution in [0.5, 0.6) is 0 Å². The summed E-state index contributed by atoms with van der Waals surface area (Å²) in [6.45, 7) is 5.81. The van der Waals surface area contributed by atoms with Crippen LogP contribution in [0.25, 0.3) is 11.0 Å². The molecule has 3 rings (SSSR count). The van der Waals surface area contributed by atoms with Gasteiger partial charge in [0.15, 0.2) is 0 Å². The van der Waals surface area contributed by atoms with Gasteiger partial charge in [0, 0.05) is 5.69 Å². The van der Waals surface area contributed by atoms with Crippen molar-refractivity contribution in [3.8, 4) is 0 Å². The third kappa shape index (κ3) is 3.51. The van der Waals surface area contributed by atoms with Crippen molar-refractivity contribution in [1.29, 1.82) is 0 Å². The fourth-order valence-corrected chi connectivity index (χ4v) is 2.50. The molecular weight excluding hydrogens is 300 g/mol. The normalized spacial score (nSPS) is 12.0. The van der Waals surface area contributed by atoms with E-state index in [1.54, 1.807) is 0 Å². The van der Waals surface area contributed by atoms with Crippen LogP contribution in [0, 0.1) is 13.8 Å². The summed E-state index contributed by atoms with van der Waals surface area (Å²) in [5.74, 6) is 0. The molecule has 0 fully saturated rings. The summed E-state index contributed by atoms with van der Waals surface area (Å²) < 4.78 is 0. The van der Waals surface area contributed by atoms with Gasteiger partial charge in [0.25, 0.3) is 0 Å². The minimum absolute atomic E-state index is 0.0728. The molecule has 0 bridgehead atoms. The predicted octanol–water partition coefficient (Wildman–Crippen LogP) is 4.13. The van der Waals surface area contributed by atoms with E-state index in [0.717, 1.165) is 28.0 Å². The monoisotopic (exact) mass is 320 g/mol. The Morgan fingerprint density at radius 3 is 2.33 bits per heavy atom. The highest BCUT2D eigenvalue weighted by Crippen LogP contribution is 2.18. The molecule has 2 N–H and O–H groups in total. The Hall–Kier alpha value is -2.95. The fourth-order valence-electron chi connectivity index (χ4n) is 2.50. The number of nitrogens with one attached hydrogen (secondary N) is 2. The maximum absolute atomic E-state index is 12.2. The van der Waals surface area contributed by atoms with Crippen LogP contribution < -0.4 is 10.6 Å².